The normalized spacial score (nSPS) is 10.8. The second-order valence-electron chi connectivity index (χ2n) is 14.2. The first-order valence-corrected chi connectivity index (χ1v) is 24.6. The molecule has 0 spiro atoms. The molecule has 0 aliphatic heterocycles. The first kappa shape index (κ1) is 52.3. The number of halogens is 3. The summed E-state index contributed by atoms with van der Waals surface area (Å²) in [6.45, 7) is 0. The molecule has 73 heavy (non-hydrogen) atoms. The molecule has 4 aromatic carbocycles. The summed E-state index contributed by atoms with van der Waals surface area (Å²) in [7, 11) is 0. The number of pyridine rings is 2. The van der Waals surface area contributed by atoms with Crippen molar-refractivity contribution >= 4 is 83.0 Å². The number of nitrogens with zero attached hydrogens (tertiary/aromatic N) is 7. The minimum Gasteiger partial charge on any atom is -0.448 e. The van der Waals surface area contributed by atoms with Gasteiger partial charge >= 0.3 is 0 Å². The van der Waals surface area contributed by atoms with Crippen LogP contribution in [0.3, 0.4) is 0 Å². The van der Waals surface area contributed by atoms with Gasteiger partial charge in [0.05, 0.1) is 22.9 Å². The third-order valence-electron chi connectivity index (χ3n) is 8.86. The van der Waals surface area contributed by atoms with Gasteiger partial charge in [0, 0.05) is 51.3 Å². The molecule has 3 N–H and O–H groups in total. The van der Waals surface area contributed by atoms with Crippen molar-refractivity contribution in [2.24, 2.45) is 15.3 Å². The highest BCUT2D eigenvalue weighted by Gasteiger charge is 2.09. The maximum Gasteiger partial charge on any atom is 0.271 e. The maximum atomic E-state index is 13.1. The van der Waals surface area contributed by atoms with E-state index in [0.29, 0.717) is 16.0 Å². The molecule has 0 aliphatic carbocycles. The van der Waals surface area contributed by atoms with Gasteiger partial charge in [0.25, 0.3) is 17.7 Å². The summed E-state index contributed by atoms with van der Waals surface area (Å²) in [6.07, 6.45) is 11.2. The molecule has 364 valence electrons. The van der Waals surface area contributed by atoms with Gasteiger partial charge in [-0.05, 0) is 139 Å². The van der Waals surface area contributed by atoms with Gasteiger partial charge in [-0.15, -0.1) is 11.3 Å². The van der Waals surface area contributed by atoms with Crippen LogP contribution < -0.4 is 16.3 Å². The predicted octanol–water partition coefficient (Wildman–Crippen LogP) is 11.5. The van der Waals surface area contributed by atoms with E-state index in [4.69, 9.17) is 4.42 Å². The Kier molecular flexibility index (Phi) is 19.9. The summed E-state index contributed by atoms with van der Waals surface area (Å²) >= 11 is 5.91. The van der Waals surface area contributed by atoms with Crippen LogP contribution >= 0.6 is 46.6 Å². The molecule has 0 atom stereocenters. The monoisotopic (exact) mass is 1050 g/mol. The number of aromatic nitrogens is 4. The van der Waals surface area contributed by atoms with Gasteiger partial charge < -0.3 is 4.42 Å². The van der Waals surface area contributed by atoms with E-state index < -0.39 is 35.2 Å². The quantitative estimate of drug-likeness (QED) is 0.0503. The number of carbonyl (C=O) groups is 3. The molecule has 0 bridgehead atoms. The molecule has 0 aliphatic rings. The zero-order valence-corrected chi connectivity index (χ0v) is 40.9. The maximum absolute atomic E-state index is 13.1. The number of thiophene rings is 1. The molecule has 5 aromatic heterocycles. The van der Waals surface area contributed by atoms with Crippen LogP contribution in [0.4, 0.5) is 13.2 Å². The van der Waals surface area contributed by atoms with Crippen LogP contribution in [0.1, 0.15) is 47.3 Å². The van der Waals surface area contributed by atoms with Crippen molar-refractivity contribution in [3.8, 4) is 0 Å². The zero-order chi connectivity index (χ0) is 51.0. The average molecular weight is 1050 g/mol. The Bertz CT molecular complexity index is 3190. The Hall–Kier alpha value is -8.50. The van der Waals surface area contributed by atoms with Crippen molar-refractivity contribution < 1.29 is 32.0 Å². The van der Waals surface area contributed by atoms with Crippen molar-refractivity contribution in [2.75, 3.05) is 0 Å². The van der Waals surface area contributed by atoms with Gasteiger partial charge in [-0.3, -0.25) is 14.4 Å². The fourth-order valence-corrected chi connectivity index (χ4v) is 9.05. The van der Waals surface area contributed by atoms with Crippen molar-refractivity contribution in [1.29, 1.82) is 0 Å². The largest absolute Gasteiger partial charge is 0.448 e. The van der Waals surface area contributed by atoms with Gasteiger partial charge in [-0.25, -0.2) is 49.4 Å². The van der Waals surface area contributed by atoms with Gasteiger partial charge in [-0.2, -0.15) is 15.3 Å². The number of carbonyl (C=O) groups excluding carboxylic acids is 3. The smallest absolute Gasteiger partial charge is 0.271 e. The van der Waals surface area contributed by atoms with Gasteiger partial charge in [0.2, 0.25) is 0 Å². The molecule has 3 amide bonds. The minimum atomic E-state index is -0.510. The second kappa shape index (κ2) is 27.8. The molecule has 0 saturated heterocycles. The molecule has 9 aromatic rings. The SMILES string of the molecule is O=C(N/N=C/c1ccc(Sc2ccccn2)s1)c1cccc(F)c1.O=C(N/N=C/c1ccc(Sc2ncccn2)o1)c1cccc(F)c1.O=C(N/N=C/c1cccc(Sc2ccccn2)c1)c1cccc(F)c1. The minimum absolute atomic E-state index is 0.184. The Morgan fingerprint density at radius 2 is 1.03 bits per heavy atom. The average Bonchev–Trinajstić information content (AvgIpc) is 4.06. The molecule has 21 heteroatoms. The number of hydrogen-bond acceptors (Lipinski definition) is 15. The summed E-state index contributed by atoms with van der Waals surface area (Å²) in [5, 5.41) is 14.6. The first-order chi connectivity index (χ1) is 35.6. The van der Waals surface area contributed by atoms with Crippen molar-refractivity contribution in [1.82, 2.24) is 36.2 Å². The lowest BCUT2D eigenvalue weighted by Crippen LogP contribution is -2.17. The number of hydrogen-bond donors (Lipinski definition) is 3. The van der Waals surface area contributed by atoms with E-state index in [0.717, 1.165) is 47.8 Å². The van der Waals surface area contributed by atoms with Gasteiger partial charge in [0.15, 0.2) is 10.2 Å². The van der Waals surface area contributed by atoms with E-state index in [1.807, 2.05) is 72.8 Å². The van der Waals surface area contributed by atoms with Crippen LogP contribution in [0.2, 0.25) is 0 Å². The van der Waals surface area contributed by atoms with Gasteiger partial charge in [-0.1, -0.05) is 66.0 Å². The van der Waals surface area contributed by atoms with E-state index >= 15 is 0 Å². The summed E-state index contributed by atoms with van der Waals surface area (Å²) in [6, 6.07) is 44.5. The van der Waals surface area contributed by atoms with E-state index in [1.165, 1.54) is 95.7 Å². The van der Waals surface area contributed by atoms with Crippen LogP contribution in [-0.2, 0) is 0 Å². The van der Waals surface area contributed by atoms with Crippen molar-refractivity contribution in [3.05, 3.63) is 239 Å². The topological polar surface area (TPSA) is 189 Å². The molecule has 5 heterocycles. The van der Waals surface area contributed by atoms with E-state index in [1.54, 1.807) is 67.2 Å². The lowest BCUT2D eigenvalue weighted by Gasteiger charge is -2.02. The Labute approximate surface area is 432 Å². The molecule has 14 nitrogen and oxygen atoms in total. The number of rotatable bonds is 15. The predicted molar refractivity (Wildman–Crippen MR) is 277 cm³/mol. The molecule has 0 radical (unpaired) electrons. The summed E-state index contributed by atoms with van der Waals surface area (Å²) < 4.78 is 45.8. The standard InChI is InChI=1S/C19H14FN3OS.C17H12FN3OS2.C16H11FN4O2S/c20-16-7-4-6-15(12-16)19(24)23-22-13-14-5-3-8-17(11-14)25-18-9-1-2-10-21-18;18-13-5-3-4-12(10-13)17(22)21-20-11-14-7-8-16(23-14)24-15-6-1-2-9-19-15;17-12-4-1-3-11(9-12)15(22)21-20-10-13-5-6-14(23-13)24-16-18-7-2-8-19-16/h1-13H,(H,23,24);1-11H,(H,21,22);1-10H,(H,21,22)/b22-13+;20-11+;20-10+. The summed E-state index contributed by atoms with van der Waals surface area (Å²) in [5.41, 5.74) is 8.54. The number of hydrazone groups is 3. The van der Waals surface area contributed by atoms with Crippen LogP contribution in [0.5, 0.6) is 0 Å². The lowest BCUT2D eigenvalue weighted by atomic mass is 10.2. The Morgan fingerprint density at radius 3 is 1.59 bits per heavy atom. The van der Waals surface area contributed by atoms with Crippen LogP contribution in [0.25, 0.3) is 0 Å². The van der Waals surface area contributed by atoms with E-state index in [9.17, 15) is 27.6 Å². The third-order valence-corrected chi connectivity index (χ3v) is 12.7. The molecular weight excluding hydrogens is 1010 g/mol. The summed E-state index contributed by atoms with van der Waals surface area (Å²) in [5.74, 6) is -2.38. The highest BCUT2D eigenvalue weighted by atomic mass is 32.2. The Balaban J connectivity index is 0.000000160. The fourth-order valence-electron chi connectivity index (χ4n) is 5.60. The third kappa shape index (κ3) is 18.0. The van der Waals surface area contributed by atoms with Crippen molar-refractivity contribution in [2.45, 2.75) is 29.4 Å². The lowest BCUT2D eigenvalue weighted by molar-refractivity contribution is 0.0946. The first-order valence-electron chi connectivity index (χ1n) is 21.3. The Morgan fingerprint density at radius 1 is 0.493 bits per heavy atom. The zero-order valence-electron chi connectivity index (χ0n) is 37.7. The number of amides is 3. The van der Waals surface area contributed by atoms with E-state index in [2.05, 4.69) is 51.5 Å². The number of nitrogens with one attached hydrogen (secondary N) is 3. The number of furan rings is 1. The molecule has 9 rings (SSSR count). The molecule has 0 saturated carbocycles. The van der Waals surface area contributed by atoms with Gasteiger partial charge in [0.1, 0.15) is 33.3 Å². The van der Waals surface area contributed by atoms with Crippen LogP contribution in [0, 0.1) is 17.5 Å². The highest BCUT2D eigenvalue weighted by Crippen LogP contribution is 2.31. The van der Waals surface area contributed by atoms with Crippen LogP contribution in [-0.4, -0.2) is 56.3 Å². The van der Waals surface area contributed by atoms with Crippen LogP contribution in [0.15, 0.2) is 238 Å². The highest BCUT2D eigenvalue weighted by molar-refractivity contribution is 8.01. The number of benzene rings is 4. The molecule has 0 fully saturated rings. The second-order valence-corrected chi connectivity index (χ2v) is 18.7. The van der Waals surface area contributed by atoms with E-state index in [-0.39, 0.29) is 16.7 Å². The van der Waals surface area contributed by atoms with Crippen molar-refractivity contribution in [3.63, 3.8) is 0 Å². The summed E-state index contributed by atoms with van der Waals surface area (Å²) in [4.78, 5) is 54.1. The molecule has 0 unspecified atom stereocenters. The molecular formula is C52H37F3N10O4S4. The fraction of sp³-hybridized carbons (Fsp3) is 0.